The maximum atomic E-state index is 11.2. The molecule has 0 heterocycles. The number of nitrogens with two attached hydrogens (primary N) is 1. The topological polar surface area (TPSA) is 122 Å². The van der Waals surface area contributed by atoms with Crippen molar-refractivity contribution in [2.45, 2.75) is 26.3 Å². The lowest BCUT2D eigenvalue weighted by Gasteiger charge is -2.16. The van der Waals surface area contributed by atoms with Gasteiger partial charge in [-0.2, -0.15) is 0 Å². The lowest BCUT2D eigenvalue weighted by Crippen LogP contribution is -2.48. The number of hydrogen-bond donors (Lipinski definition) is 4. The highest BCUT2D eigenvalue weighted by Crippen LogP contribution is 2.04. The minimum Gasteiger partial charge on any atom is -0.480 e. The predicted octanol–water partition coefficient (Wildman–Crippen LogP) is -0.730. The standard InChI is InChI=1S/C9H17N3O4/c1-5(2)3-6(8(14)15)12-9(16)11-4-7(10)13/h5-6H,3-4H2,1-2H3,(H2,10,13)(H,14,15)(H2,11,12,16)/t6-/m1/s1. The largest absolute Gasteiger partial charge is 0.480 e. The number of carboxylic acids is 1. The van der Waals surface area contributed by atoms with Gasteiger partial charge in [-0.25, -0.2) is 9.59 Å². The summed E-state index contributed by atoms with van der Waals surface area (Å²) < 4.78 is 0. The van der Waals surface area contributed by atoms with E-state index in [0.717, 1.165) is 0 Å². The zero-order valence-electron chi connectivity index (χ0n) is 9.32. The molecule has 0 spiro atoms. The van der Waals surface area contributed by atoms with Crippen LogP contribution in [0.25, 0.3) is 0 Å². The van der Waals surface area contributed by atoms with Crippen molar-refractivity contribution in [3.05, 3.63) is 0 Å². The summed E-state index contributed by atoms with van der Waals surface area (Å²) in [6.45, 7) is 3.37. The molecule has 7 heteroatoms. The third-order valence-electron chi connectivity index (χ3n) is 1.73. The van der Waals surface area contributed by atoms with Crippen molar-refractivity contribution in [2.24, 2.45) is 11.7 Å². The highest BCUT2D eigenvalue weighted by molar-refractivity contribution is 5.85. The second kappa shape index (κ2) is 6.65. The van der Waals surface area contributed by atoms with E-state index in [1.807, 2.05) is 13.8 Å². The van der Waals surface area contributed by atoms with E-state index >= 15 is 0 Å². The average molecular weight is 231 g/mol. The molecule has 0 aromatic rings. The van der Waals surface area contributed by atoms with Gasteiger partial charge in [0.2, 0.25) is 5.91 Å². The number of nitrogens with one attached hydrogen (secondary N) is 2. The minimum absolute atomic E-state index is 0.137. The van der Waals surface area contributed by atoms with Gasteiger partial charge in [0.25, 0.3) is 0 Å². The molecule has 5 N–H and O–H groups in total. The first-order valence-electron chi connectivity index (χ1n) is 4.88. The van der Waals surface area contributed by atoms with Crippen molar-refractivity contribution < 1.29 is 19.5 Å². The monoisotopic (exact) mass is 231 g/mol. The zero-order valence-corrected chi connectivity index (χ0v) is 9.32. The Balaban J connectivity index is 4.13. The fourth-order valence-electron chi connectivity index (χ4n) is 1.07. The zero-order chi connectivity index (χ0) is 12.7. The molecule has 3 amide bonds. The number of primary amides is 1. The van der Waals surface area contributed by atoms with E-state index < -0.39 is 23.9 Å². The van der Waals surface area contributed by atoms with Crippen molar-refractivity contribution in [3.8, 4) is 0 Å². The van der Waals surface area contributed by atoms with Crippen molar-refractivity contribution in [2.75, 3.05) is 6.54 Å². The van der Waals surface area contributed by atoms with E-state index in [2.05, 4.69) is 10.6 Å². The molecule has 0 saturated carbocycles. The summed E-state index contributed by atoms with van der Waals surface area (Å²) in [6.07, 6.45) is 0.319. The van der Waals surface area contributed by atoms with Crippen LogP contribution in [-0.2, 0) is 9.59 Å². The molecule has 92 valence electrons. The Hall–Kier alpha value is -1.79. The Morgan fingerprint density at radius 3 is 2.25 bits per heavy atom. The van der Waals surface area contributed by atoms with Gasteiger partial charge in [0.05, 0.1) is 6.54 Å². The third-order valence-corrected chi connectivity index (χ3v) is 1.73. The van der Waals surface area contributed by atoms with Crippen LogP contribution in [0, 0.1) is 5.92 Å². The molecular formula is C9H17N3O4. The van der Waals surface area contributed by atoms with Gasteiger partial charge >= 0.3 is 12.0 Å². The Morgan fingerprint density at radius 2 is 1.88 bits per heavy atom. The number of carboxylic acid groups (broad SMARTS) is 1. The van der Waals surface area contributed by atoms with Gasteiger partial charge in [0.1, 0.15) is 6.04 Å². The summed E-state index contributed by atoms with van der Waals surface area (Å²) in [7, 11) is 0. The molecule has 0 bridgehead atoms. The lowest BCUT2D eigenvalue weighted by atomic mass is 10.0. The van der Waals surface area contributed by atoms with Gasteiger partial charge in [0.15, 0.2) is 0 Å². The normalized spacial score (nSPS) is 11.9. The molecule has 16 heavy (non-hydrogen) atoms. The van der Waals surface area contributed by atoms with E-state index in [1.165, 1.54) is 0 Å². The molecule has 0 aliphatic rings. The number of urea groups is 1. The van der Waals surface area contributed by atoms with Crippen LogP contribution in [-0.4, -0.2) is 35.6 Å². The number of rotatable bonds is 6. The summed E-state index contributed by atoms with van der Waals surface area (Å²) in [5, 5.41) is 13.2. The third kappa shape index (κ3) is 6.63. The summed E-state index contributed by atoms with van der Waals surface area (Å²) in [6, 6.07) is -1.68. The highest BCUT2D eigenvalue weighted by atomic mass is 16.4. The molecule has 0 aliphatic carbocycles. The van der Waals surface area contributed by atoms with Crippen molar-refractivity contribution in [1.29, 1.82) is 0 Å². The molecule has 0 aromatic heterocycles. The molecule has 7 nitrogen and oxygen atoms in total. The van der Waals surface area contributed by atoms with E-state index in [0.29, 0.717) is 6.42 Å². The van der Waals surface area contributed by atoms with Crippen LogP contribution in [0.1, 0.15) is 20.3 Å². The Labute approximate surface area is 93.4 Å². The van der Waals surface area contributed by atoms with Gasteiger partial charge in [-0.15, -0.1) is 0 Å². The molecule has 0 aromatic carbocycles. The average Bonchev–Trinajstić information content (AvgIpc) is 2.12. The Kier molecular flexibility index (Phi) is 5.91. The summed E-state index contributed by atoms with van der Waals surface area (Å²) in [5.41, 5.74) is 4.81. The summed E-state index contributed by atoms with van der Waals surface area (Å²) in [4.78, 5) is 32.3. The van der Waals surface area contributed by atoms with E-state index in [4.69, 9.17) is 10.8 Å². The van der Waals surface area contributed by atoms with Crippen LogP contribution >= 0.6 is 0 Å². The molecule has 0 radical (unpaired) electrons. The van der Waals surface area contributed by atoms with Crippen LogP contribution in [0.4, 0.5) is 4.79 Å². The molecule has 0 rings (SSSR count). The first-order chi connectivity index (χ1) is 7.32. The number of amides is 3. The molecule has 0 unspecified atom stereocenters. The number of carbonyl (C=O) groups excluding carboxylic acids is 2. The number of carbonyl (C=O) groups is 3. The highest BCUT2D eigenvalue weighted by Gasteiger charge is 2.20. The fourth-order valence-corrected chi connectivity index (χ4v) is 1.07. The first-order valence-corrected chi connectivity index (χ1v) is 4.88. The van der Waals surface area contributed by atoms with Gasteiger partial charge in [0, 0.05) is 0 Å². The maximum Gasteiger partial charge on any atom is 0.326 e. The lowest BCUT2D eigenvalue weighted by molar-refractivity contribution is -0.139. The van der Waals surface area contributed by atoms with Crippen LogP contribution < -0.4 is 16.4 Å². The van der Waals surface area contributed by atoms with E-state index in [1.54, 1.807) is 0 Å². The molecular weight excluding hydrogens is 214 g/mol. The Bertz CT molecular complexity index is 278. The quantitative estimate of drug-likeness (QED) is 0.481. The fraction of sp³-hybridized carbons (Fsp3) is 0.667. The summed E-state index contributed by atoms with van der Waals surface area (Å²) >= 11 is 0. The maximum absolute atomic E-state index is 11.2. The molecule has 0 aliphatic heterocycles. The molecule has 1 atom stereocenters. The van der Waals surface area contributed by atoms with Crippen molar-refractivity contribution >= 4 is 17.9 Å². The number of hydrogen-bond acceptors (Lipinski definition) is 3. The van der Waals surface area contributed by atoms with Gasteiger partial charge in [-0.05, 0) is 12.3 Å². The second-order valence-corrected chi connectivity index (χ2v) is 3.81. The van der Waals surface area contributed by atoms with Crippen LogP contribution in [0.15, 0.2) is 0 Å². The first kappa shape index (κ1) is 14.2. The van der Waals surface area contributed by atoms with Crippen molar-refractivity contribution in [3.63, 3.8) is 0 Å². The molecule has 0 fully saturated rings. The smallest absolute Gasteiger partial charge is 0.326 e. The number of aliphatic carboxylic acids is 1. The van der Waals surface area contributed by atoms with Crippen LogP contribution in [0.5, 0.6) is 0 Å². The predicted molar refractivity (Wildman–Crippen MR) is 56.6 cm³/mol. The summed E-state index contributed by atoms with van der Waals surface area (Å²) in [5.74, 6) is -1.66. The van der Waals surface area contributed by atoms with Crippen LogP contribution in [0.3, 0.4) is 0 Å². The van der Waals surface area contributed by atoms with Gasteiger partial charge in [-0.1, -0.05) is 13.8 Å². The molecule has 0 saturated heterocycles. The second-order valence-electron chi connectivity index (χ2n) is 3.81. The Morgan fingerprint density at radius 1 is 1.31 bits per heavy atom. The van der Waals surface area contributed by atoms with E-state index in [9.17, 15) is 14.4 Å². The minimum atomic E-state index is -1.11. The van der Waals surface area contributed by atoms with Crippen molar-refractivity contribution in [1.82, 2.24) is 10.6 Å². The van der Waals surface area contributed by atoms with E-state index in [-0.39, 0.29) is 12.5 Å². The van der Waals surface area contributed by atoms with Crippen LogP contribution in [0.2, 0.25) is 0 Å². The van der Waals surface area contributed by atoms with Gasteiger partial charge in [-0.3, -0.25) is 4.79 Å². The SMILES string of the molecule is CC(C)C[C@@H](NC(=O)NCC(N)=O)C(=O)O. The van der Waals surface area contributed by atoms with Gasteiger partial charge < -0.3 is 21.5 Å².